The van der Waals surface area contributed by atoms with Gasteiger partial charge in [0.1, 0.15) is 5.75 Å². The predicted molar refractivity (Wildman–Crippen MR) is 122 cm³/mol. The number of fused-ring (bicyclic) bond motifs is 1. The molecule has 4 nitrogen and oxygen atoms in total. The van der Waals surface area contributed by atoms with E-state index in [0.29, 0.717) is 19.6 Å². The Balaban J connectivity index is 1.44. The van der Waals surface area contributed by atoms with E-state index in [2.05, 4.69) is 43.3 Å². The number of rotatable bonds is 9. The summed E-state index contributed by atoms with van der Waals surface area (Å²) in [7, 11) is 0. The zero-order valence-electron chi connectivity index (χ0n) is 18.5. The number of imide groups is 1. The molecule has 0 aromatic heterocycles. The zero-order chi connectivity index (χ0) is 21.7. The summed E-state index contributed by atoms with van der Waals surface area (Å²) in [6.45, 7) is 3.30. The Kier molecular flexibility index (Phi) is 6.74. The van der Waals surface area contributed by atoms with Crippen molar-refractivity contribution in [2.24, 2.45) is 5.92 Å². The van der Waals surface area contributed by atoms with Crippen LogP contribution in [0.5, 0.6) is 5.75 Å². The molecule has 2 unspecified atom stereocenters. The second-order valence-electron chi connectivity index (χ2n) is 8.98. The molecule has 31 heavy (non-hydrogen) atoms. The highest BCUT2D eigenvalue weighted by Gasteiger charge is 2.54. The van der Waals surface area contributed by atoms with Crippen LogP contribution < -0.4 is 4.74 Å². The van der Waals surface area contributed by atoms with Crippen molar-refractivity contribution >= 4 is 11.8 Å². The van der Waals surface area contributed by atoms with Crippen LogP contribution in [-0.4, -0.2) is 29.9 Å². The van der Waals surface area contributed by atoms with Gasteiger partial charge in [0.05, 0.1) is 6.61 Å². The molecule has 1 saturated heterocycles. The average Bonchev–Trinajstić information content (AvgIpc) is 3.23. The highest BCUT2D eigenvalue weighted by atomic mass is 16.5. The van der Waals surface area contributed by atoms with E-state index in [1.54, 1.807) is 4.90 Å². The summed E-state index contributed by atoms with van der Waals surface area (Å²) in [5.74, 6) is 0.763. The van der Waals surface area contributed by atoms with Gasteiger partial charge in [-0.15, -0.1) is 0 Å². The largest absolute Gasteiger partial charge is 0.494 e. The molecule has 2 aliphatic rings. The molecular weight excluding hydrogens is 386 g/mol. The first-order chi connectivity index (χ1) is 15.1. The molecule has 0 spiro atoms. The Labute approximate surface area is 185 Å². The maximum atomic E-state index is 13.4. The summed E-state index contributed by atoms with van der Waals surface area (Å²) < 4.78 is 5.83. The van der Waals surface area contributed by atoms with E-state index in [0.717, 1.165) is 56.3 Å². The van der Waals surface area contributed by atoms with Crippen LogP contribution in [0.1, 0.15) is 63.0 Å². The van der Waals surface area contributed by atoms with E-state index < -0.39 is 0 Å². The van der Waals surface area contributed by atoms with Crippen molar-refractivity contribution < 1.29 is 14.3 Å². The number of likely N-dealkylation sites (tertiary alicyclic amines) is 1. The van der Waals surface area contributed by atoms with Crippen LogP contribution in [0, 0.1) is 5.92 Å². The Morgan fingerprint density at radius 1 is 1.06 bits per heavy atom. The molecule has 2 aromatic carbocycles. The average molecular weight is 420 g/mol. The van der Waals surface area contributed by atoms with Crippen molar-refractivity contribution in [2.75, 3.05) is 13.2 Å². The van der Waals surface area contributed by atoms with Crippen LogP contribution in [0.15, 0.2) is 54.6 Å². The van der Waals surface area contributed by atoms with Crippen molar-refractivity contribution in [3.63, 3.8) is 0 Å². The van der Waals surface area contributed by atoms with Gasteiger partial charge >= 0.3 is 0 Å². The number of amides is 2. The van der Waals surface area contributed by atoms with Crippen LogP contribution in [0.2, 0.25) is 0 Å². The van der Waals surface area contributed by atoms with Gasteiger partial charge in [-0.05, 0) is 61.8 Å². The summed E-state index contributed by atoms with van der Waals surface area (Å²) in [4.78, 5) is 28.1. The molecule has 2 aromatic rings. The molecule has 1 aliphatic carbocycles. The molecule has 0 bridgehead atoms. The summed E-state index contributed by atoms with van der Waals surface area (Å²) in [6.07, 6.45) is 6.95. The fourth-order valence-corrected chi connectivity index (χ4v) is 5.36. The van der Waals surface area contributed by atoms with Gasteiger partial charge in [-0.3, -0.25) is 14.5 Å². The number of unbranched alkanes of at least 4 members (excludes halogenated alkanes) is 1. The van der Waals surface area contributed by atoms with E-state index in [9.17, 15) is 9.59 Å². The molecule has 1 aliphatic heterocycles. The molecule has 4 rings (SSSR count). The third-order valence-corrected chi connectivity index (χ3v) is 6.94. The molecule has 164 valence electrons. The van der Waals surface area contributed by atoms with Crippen LogP contribution in [-0.2, 0) is 21.4 Å². The minimum absolute atomic E-state index is 0.0114. The standard InChI is InChI=1S/C27H33NO3/c1-2-18-31-23-14-8-13-22(19-23)27-16-9-15-24(27)26(30)28(25(29)20-27)17-7-6-12-21-10-4-3-5-11-21/h3-5,8,10-11,13-14,19,24H,2,6-7,9,12,15-18,20H2,1H3. The SMILES string of the molecule is CCCOc1cccc(C23CCCC2C(=O)N(CCCCc2ccccc2)C(=O)C3)c1. The topological polar surface area (TPSA) is 46.6 Å². The molecule has 4 heteroatoms. The molecule has 0 radical (unpaired) electrons. The highest BCUT2D eigenvalue weighted by Crippen LogP contribution is 2.52. The maximum Gasteiger partial charge on any atom is 0.233 e. The number of carbonyl (C=O) groups is 2. The minimum atomic E-state index is -0.361. The fraction of sp³-hybridized carbons (Fsp3) is 0.481. The van der Waals surface area contributed by atoms with Gasteiger partial charge in [0.2, 0.25) is 11.8 Å². The van der Waals surface area contributed by atoms with Crippen LogP contribution in [0.4, 0.5) is 0 Å². The van der Waals surface area contributed by atoms with Crippen LogP contribution >= 0.6 is 0 Å². The van der Waals surface area contributed by atoms with E-state index >= 15 is 0 Å². The van der Waals surface area contributed by atoms with Crippen LogP contribution in [0.3, 0.4) is 0 Å². The third-order valence-electron chi connectivity index (χ3n) is 6.94. The lowest BCUT2D eigenvalue weighted by atomic mass is 9.67. The van der Waals surface area contributed by atoms with Crippen molar-refractivity contribution in [3.05, 3.63) is 65.7 Å². The number of benzene rings is 2. The molecule has 2 atom stereocenters. The quantitative estimate of drug-likeness (QED) is 0.410. The maximum absolute atomic E-state index is 13.4. The second kappa shape index (κ2) is 9.67. The monoisotopic (exact) mass is 419 g/mol. The number of piperidine rings is 1. The van der Waals surface area contributed by atoms with Gasteiger partial charge in [0, 0.05) is 24.3 Å². The second-order valence-corrected chi connectivity index (χ2v) is 8.98. The van der Waals surface area contributed by atoms with Gasteiger partial charge < -0.3 is 4.74 Å². The van der Waals surface area contributed by atoms with E-state index in [1.807, 2.05) is 18.2 Å². The molecule has 2 amide bonds. The van der Waals surface area contributed by atoms with Gasteiger partial charge in [-0.25, -0.2) is 0 Å². The Morgan fingerprint density at radius 3 is 2.71 bits per heavy atom. The number of hydrogen-bond donors (Lipinski definition) is 0. The first-order valence-corrected chi connectivity index (χ1v) is 11.8. The highest BCUT2D eigenvalue weighted by molar-refractivity contribution is 6.01. The Morgan fingerprint density at radius 2 is 1.90 bits per heavy atom. The van der Waals surface area contributed by atoms with Crippen molar-refractivity contribution in [1.29, 1.82) is 0 Å². The molecule has 1 heterocycles. The molecule has 1 saturated carbocycles. The Hall–Kier alpha value is -2.62. The van der Waals surface area contributed by atoms with Crippen LogP contribution in [0.25, 0.3) is 0 Å². The molecular formula is C27H33NO3. The summed E-state index contributed by atoms with van der Waals surface area (Å²) in [6, 6.07) is 18.5. The number of nitrogens with zero attached hydrogens (tertiary/aromatic N) is 1. The van der Waals surface area contributed by atoms with Crippen molar-refractivity contribution in [3.8, 4) is 5.75 Å². The summed E-state index contributed by atoms with van der Waals surface area (Å²) in [5.41, 5.74) is 2.04. The Bertz CT molecular complexity index is 910. The smallest absolute Gasteiger partial charge is 0.233 e. The van der Waals surface area contributed by atoms with Gasteiger partial charge in [0.25, 0.3) is 0 Å². The number of hydrogen-bond acceptors (Lipinski definition) is 3. The lowest BCUT2D eigenvalue weighted by Crippen LogP contribution is -2.54. The lowest BCUT2D eigenvalue weighted by Gasteiger charge is -2.42. The van der Waals surface area contributed by atoms with Gasteiger partial charge in [-0.1, -0.05) is 55.8 Å². The normalized spacial score (nSPS) is 23.1. The van der Waals surface area contributed by atoms with E-state index in [4.69, 9.17) is 4.74 Å². The van der Waals surface area contributed by atoms with E-state index in [1.165, 1.54) is 5.56 Å². The van der Waals surface area contributed by atoms with Crippen molar-refractivity contribution in [2.45, 2.75) is 63.7 Å². The molecule has 2 fully saturated rings. The fourth-order valence-electron chi connectivity index (χ4n) is 5.36. The summed E-state index contributed by atoms with van der Waals surface area (Å²) in [5, 5.41) is 0. The number of carbonyl (C=O) groups excluding carboxylic acids is 2. The predicted octanol–water partition coefficient (Wildman–Crippen LogP) is 5.30. The number of ether oxygens (including phenoxy) is 1. The first-order valence-electron chi connectivity index (χ1n) is 11.8. The first kappa shape index (κ1) is 21.6. The summed E-state index contributed by atoms with van der Waals surface area (Å²) >= 11 is 0. The van der Waals surface area contributed by atoms with Crippen molar-refractivity contribution in [1.82, 2.24) is 4.90 Å². The zero-order valence-corrected chi connectivity index (χ0v) is 18.5. The lowest BCUT2D eigenvalue weighted by molar-refractivity contribution is -0.155. The van der Waals surface area contributed by atoms with E-state index in [-0.39, 0.29) is 23.1 Å². The minimum Gasteiger partial charge on any atom is -0.494 e. The van der Waals surface area contributed by atoms with Gasteiger partial charge in [-0.2, -0.15) is 0 Å². The number of aryl methyl sites for hydroxylation is 1. The van der Waals surface area contributed by atoms with Gasteiger partial charge in [0.15, 0.2) is 0 Å². The third kappa shape index (κ3) is 4.53. The molecule has 0 N–H and O–H groups in total.